The Labute approximate surface area is 136 Å². The molecule has 8 heteroatoms. The number of hydrogen-bond acceptors (Lipinski definition) is 6. The monoisotopic (exact) mass is 333 g/mol. The molecular weight excluding hydrogens is 318 g/mol. The molecule has 1 aromatic carbocycles. The lowest BCUT2D eigenvalue weighted by molar-refractivity contribution is -0.113. The zero-order chi connectivity index (χ0) is 16.7. The van der Waals surface area contributed by atoms with E-state index < -0.39 is 5.97 Å². The highest BCUT2D eigenvalue weighted by molar-refractivity contribution is 7.99. The molecule has 0 unspecified atom stereocenters. The van der Waals surface area contributed by atoms with E-state index in [1.54, 1.807) is 31.2 Å². The number of aromatic nitrogens is 2. The number of H-pyrrole nitrogens is 1. The van der Waals surface area contributed by atoms with E-state index in [1.807, 2.05) is 0 Å². The number of carbonyl (C=O) groups excluding carboxylic acids is 2. The molecule has 0 saturated heterocycles. The van der Waals surface area contributed by atoms with Crippen molar-refractivity contribution < 1.29 is 14.3 Å². The number of hydrogen-bond donors (Lipinski definition) is 2. The van der Waals surface area contributed by atoms with Gasteiger partial charge in [-0.25, -0.2) is 9.78 Å². The molecule has 7 nitrogen and oxygen atoms in total. The average Bonchev–Trinajstić information content (AvgIpc) is 2.54. The molecule has 0 spiro atoms. The van der Waals surface area contributed by atoms with Gasteiger partial charge in [0, 0.05) is 18.0 Å². The van der Waals surface area contributed by atoms with Crippen LogP contribution in [0.5, 0.6) is 0 Å². The fraction of sp³-hybridized carbons (Fsp3) is 0.200. The lowest BCUT2D eigenvalue weighted by Gasteiger charge is -2.06. The molecule has 120 valence electrons. The highest BCUT2D eigenvalue weighted by Gasteiger charge is 2.08. The van der Waals surface area contributed by atoms with E-state index in [2.05, 4.69) is 15.3 Å². The lowest BCUT2D eigenvalue weighted by Crippen LogP contribution is -2.15. The number of anilines is 1. The first kappa shape index (κ1) is 16.8. The Hall–Kier alpha value is -2.61. The van der Waals surface area contributed by atoms with Crippen LogP contribution in [0.4, 0.5) is 5.69 Å². The Morgan fingerprint density at radius 1 is 1.26 bits per heavy atom. The number of ether oxygens (including phenoxy) is 1. The molecule has 2 aromatic rings. The van der Waals surface area contributed by atoms with Crippen LogP contribution < -0.4 is 10.9 Å². The third-order valence-corrected chi connectivity index (χ3v) is 3.56. The highest BCUT2D eigenvalue weighted by atomic mass is 32.2. The van der Waals surface area contributed by atoms with Crippen LogP contribution in [0.2, 0.25) is 0 Å². The summed E-state index contributed by atoms with van der Waals surface area (Å²) in [6.07, 6.45) is 1.38. The topological polar surface area (TPSA) is 101 Å². The zero-order valence-electron chi connectivity index (χ0n) is 12.4. The van der Waals surface area contributed by atoms with Crippen LogP contribution in [-0.4, -0.2) is 34.2 Å². The minimum absolute atomic E-state index is 0.104. The quantitative estimate of drug-likeness (QED) is 0.474. The number of thioether (sulfide) groups is 1. The molecule has 0 atom stereocenters. The smallest absolute Gasteiger partial charge is 0.338 e. The first-order valence-corrected chi connectivity index (χ1v) is 7.82. The van der Waals surface area contributed by atoms with Crippen LogP contribution in [0, 0.1) is 0 Å². The van der Waals surface area contributed by atoms with Crippen LogP contribution >= 0.6 is 11.8 Å². The average molecular weight is 333 g/mol. The summed E-state index contributed by atoms with van der Waals surface area (Å²) < 4.78 is 4.88. The fourth-order valence-corrected chi connectivity index (χ4v) is 2.31. The molecule has 0 aliphatic rings. The Bertz CT molecular complexity index is 743. The minimum atomic E-state index is -0.403. The molecule has 0 bridgehead atoms. The van der Waals surface area contributed by atoms with Crippen molar-refractivity contribution in [3.05, 3.63) is 52.4 Å². The molecule has 23 heavy (non-hydrogen) atoms. The largest absolute Gasteiger partial charge is 0.462 e. The summed E-state index contributed by atoms with van der Waals surface area (Å²) in [5, 5.41) is 3.07. The molecule has 0 aliphatic heterocycles. The van der Waals surface area contributed by atoms with Crippen molar-refractivity contribution in [1.82, 2.24) is 9.97 Å². The maximum absolute atomic E-state index is 11.8. The van der Waals surface area contributed by atoms with Crippen molar-refractivity contribution in [1.29, 1.82) is 0 Å². The van der Waals surface area contributed by atoms with E-state index in [0.717, 1.165) is 11.8 Å². The van der Waals surface area contributed by atoms with Crippen molar-refractivity contribution in [2.45, 2.75) is 12.1 Å². The maximum atomic E-state index is 11.8. The molecule has 1 heterocycles. The van der Waals surface area contributed by atoms with Gasteiger partial charge in [0.15, 0.2) is 5.16 Å². The van der Waals surface area contributed by atoms with Gasteiger partial charge in [-0.1, -0.05) is 11.8 Å². The molecule has 2 N–H and O–H groups in total. The normalized spacial score (nSPS) is 10.1. The number of rotatable bonds is 6. The highest BCUT2D eigenvalue weighted by Crippen LogP contribution is 2.13. The van der Waals surface area contributed by atoms with Crippen LogP contribution in [0.25, 0.3) is 0 Å². The van der Waals surface area contributed by atoms with E-state index >= 15 is 0 Å². The molecule has 0 aliphatic carbocycles. The number of nitrogens with zero attached hydrogens (tertiary/aromatic N) is 1. The summed E-state index contributed by atoms with van der Waals surface area (Å²) in [5.41, 5.74) is 0.723. The zero-order valence-corrected chi connectivity index (χ0v) is 13.2. The van der Waals surface area contributed by atoms with Gasteiger partial charge in [-0.05, 0) is 31.2 Å². The van der Waals surface area contributed by atoms with Gasteiger partial charge in [-0.15, -0.1) is 0 Å². The Morgan fingerprint density at radius 3 is 2.65 bits per heavy atom. The number of nitrogens with one attached hydrogen (secondary N) is 2. The van der Waals surface area contributed by atoms with E-state index in [1.165, 1.54) is 12.3 Å². The first-order chi connectivity index (χ1) is 11.1. The van der Waals surface area contributed by atoms with Crippen molar-refractivity contribution in [2.75, 3.05) is 17.7 Å². The van der Waals surface area contributed by atoms with E-state index in [4.69, 9.17) is 4.74 Å². The predicted molar refractivity (Wildman–Crippen MR) is 86.6 cm³/mol. The molecule has 2 rings (SSSR count). The number of amides is 1. The van der Waals surface area contributed by atoms with Gasteiger partial charge in [0.25, 0.3) is 5.56 Å². The van der Waals surface area contributed by atoms with Gasteiger partial charge in [0.05, 0.1) is 17.9 Å². The third kappa shape index (κ3) is 5.26. The summed E-state index contributed by atoms with van der Waals surface area (Å²) >= 11 is 1.12. The molecule has 0 radical (unpaired) electrons. The lowest BCUT2D eigenvalue weighted by atomic mass is 10.2. The van der Waals surface area contributed by atoms with Gasteiger partial charge in [0.2, 0.25) is 5.91 Å². The van der Waals surface area contributed by atoms with Crippen LogP contribution in [0.1, 0.15) is 17.3 Å². The molecule has 1 amide bonds. The molecular formula is C15H15N3O4S. The van der Waals surface area contributed by atoms with Gasteiger partial charge in [-0.2, -0.15) is 0 Å². The SMILES string of the molecule is CCOC(=O)c1ccc(NC(=O)CSc2nccc(=O)[nH]2)cc1. The third-order valence-electron chi connectivity index (χ3n) is 2.67. The van der Waals surface area contributed by atoms with Crippen molar-refractivity contribution in [3.8, 4) is 0 Å². The van der Waals surface area contributed by atoms with Crippen LogP contribution in [0.3, 0.4) is 0 Å². The Balaban J connectivity index is 1.87. The van der Waals surface area contributed by atoms with Gasteiger partial charge >= 0.3 is 5.97 Å². The van der Waals surface area contributed by atoms with Crippen molar-refractivity contribution in [2.24, 2.45) is 0 Å². The molecule has 0 saturated carbocycles. The number of carbonyl (C=O) groups is 2. The maximum Gasteiger partial charge on any atom is 0.338 e. The minimum Gasteiger partial charge on any atom is -0.462 e. The second-order valence-corrected chi connectivity index (χ2v) is 5.34. The van der Waals surface area contributed by atoms with E-state index in [9.17, 15) is 14.4 Å². The number of benzene rings is 1. The van der Waals surface area contributed by atoms with Gasteiger partial charge in [-0.3, -0.25) is 9.59 Å². The van der Waals surface area contributed by atoms with Crippen LogP contribution in [-0.2, 0) is 9.53 Å². The van der Waals surface area contributed by atoms with Crippen molar-refractivity contribution in [3.63, 3.8) is 0 Å². The molecule has 1 aromatic heterocycles. The second kappa shape index (κ2) is 8.14. The van der Waals surface area contributed by atoms with E-state index in [0.29, 0.717) is 23.0 Å². The second-order valence-electron chi connectivity index (χ2n) is 4.37. The summed E-state index contributed by atoms with van der Waals surface area (Å²) in [7, 11) is 0. The summed E-state index contributed by atoms with van der Waals surface area (Å²) in [4.78, 5) is 40.9. The Morgan fingerprint density at radius 2 is 2.00 bits per heavy atom. The summed E-state index contributed by atoms with van der Waals surface area (Å²) in [6, 6.07) is 7.71. The first-order valence-electron chi connectivity index (χ1n) is 6.83. The van der Waals surface area contributed by atoms with Gasteiger partial charge in [0.1, 0.15) is 0 Å². The predicted octanol–water partition coefficient (Wildman–Crippen LogP) is 1.68. The van der Waals surface area contributed by atoms with E-state index in [-0.39, 0.29) is 17.2 Å². The summed E-state index contributed by atoms with van der Waals surface area (Å²) in [6.45, 7) is 2.04. The number of aromatic amines is 1. The molecule has 0 fully saturated rings. The fourth-order valence-electron chi connectivity index (χ4n) is 1.66. The Kier molecular flexibility index (Phi) is 5.93. The van der Waals surface area contributed by atoms with Crippen LogP contribution in [0.15, 0.2) is 46.5 Å². The standard InChI is InChI=1S/C15H15N3O4S/c1-2-22-14(21)10-3-5-11(6-4-10)17-13(20)9-23-15-16-8-7-12(19)18-15/h3-8H,2,9H2,1H3,(H,17,20)(H,16,18,19). The number of esters is 1. The van der Waals surface area contributed by atoms with Gasteiger partial charge < -0.3 is 15.0 Å². The van der Waals surface area contributed by atoms with Crippen molar-refractivity contribution >= 4 is 29.3 Å². The summed E-state index contributed by atoms with van der Waals surface area (Å²) in [5.74, 6) is -0.544.